The summed E-state index contributed by atoms with van der Waals surface area (Å²) < 4.78 is 39.8. The summed E-state index contributed by atoms with van der Waals surface area (Å²) in [5.74, 6) is -1.83. The van der Waals surface area contributed by atoms with Crippen molar-refractivity contribution < 1.29 is 23.0 Å². The van der Waals surface area contributed by atoms with E-state index in [0.29, 0.717) is 53.9 Å². The normalized spacial score (nSPS) is 13.5. The molecule has 4 aromatic rings. The van der Waals surface area contributed by atoms with Gasteiger partial charge in [0.05, 0.1) is 30.4 Å². The minimum atomic E-state index is -1.19. The first kappa shape index (κ1) is 23.7. The summed E-state index contributed by atoms with van der Waals surface area (Å²) in [6, 6.07) is 12.7. The van der Waals surface area contributed by atoms with Crippen molar-refractivity contribution in [3.05, 3.63) is 77.5 Å². The van der Waals surface area contributed by atoms with Gasteiger partial charge in [0.2, 0.25) is 5.82 Å². The number of amides is 2. The first-order valence-electron chi connectivity index (χ1n) is 11.0. The van der Waals surface area contributed by atoms with E-state index in [0.717, 1.165) is 6.07 Å². The molecule has 0 unspecified atom stereocenters. The van der Waals surface area contributed by atoms with E-state index in [2.05, 4.69) is 25.5 Å². The molecule has 1 aromatic heterocycles. The average Bonchev–Trinajstić information content (AvgIpc) is 2.88. The van der Waals surface area contributed by atoms with Gasteiger partial charge in [-0.3, -0.25) is 4.98 Å². The SMILES string of the molecule is O=C(Nc1ccc(Cl)cc1)Nc1cc(F)c(F)c(Oc2ccc3ncc(N4CCOCC4)nc3c2)c1. The Labute approximate surface area is 209 Å². The van der Waals surface area contributed by atoms with Gasteiger partial charge in [0.15, 0.2) is 11.6 Å². The first-order valence-corrected chi connectivity index (χ1v) is 11.4. The summed E-state index contributed by atoms with van der Waals surface area (Å²) in [7, 11) is 0. The highest BCUT2D eigenvalue weighted by Crippen LogP contribution is 2.31. The van der Waals surface area contributed by atoms with Crippen LogP contribution in [0.25, 0.3) is 11.0 Å². The van der Waals surface area contributed by atoms with Crippen LogP contribution in [-0.4, -0.2) is 42.3 Å². The number of fused-ring (bicyclic) bond motifs is 1. The summed E-state index contributed by atoms with van der Waals surface area (Å²) in [5.41, 5.74) is 1.64. The fraction of sp³-hybridized carbons (Fsp3) is 0.160. The highest BCUT2D eigenvalue weighted by Gasteiger charge is 2.16. The molecule has 1 fully saturated rings. The predicted octanol–water partition coefficient (Wildman–Crippen LogP) is 5.83. The topological polar surface area (TPSA) is 88.6 Å². The number of benzene rings is 3. The van der Waals surface area contributed by atoms with Crippen LogP contribution in [-0.2, 0) is 4.74 Å². The van der Waals surface area contributed by atoms with Crippen molar-refractivity contribution in [2.24, 2.45) is 0 Å². The molecule has 0 spiro atoms. The lowest BCUT2D eigenvalue weighted by molar-refractivity contribution is 0.122. The maximum Gasteiger partial charge on any atom is 0.323 e. The Balaban J connectivity index is 1.34. The second-order valence-corrected chi connectivity index (χ2v) is 8.37. The summed E-state index contributed by atoms with van der Waals surface area (Å²) in [6.45, 7) is 2.62. The number of halogens is 3. The van der Waals surface area contributed by atoms with Crippen molar-refractivity contribution in [2.75, 3.05) is 41.8 Å². The third kappa shape index (κ3) is 5.45. The average molecular weight is 512 g/mol. The lowest BCUT2D eigenvalue weighted by Gasteiger charge is -2.27. The third-order valence-corrected chi connectivity index (χ3v) is 5.67. The molecule has 1 saturated heterocycles. The molecular weight excluding hydrogens is 492 g/mol. The number of anilines is 3. The van der Waals surface area contributed by atoms with Crippen LogP contribution in [0.4, 0.5) is 30.8 Å². The van der Waals surface area contributed by atoms with Gasteiger partial charge < -0.3 is 25.0 Å². The van der Waals surface area contributed by atoms with E-state index < -0.39 is 23.4 Å². The van der Waals surface area contributed by atoms with Gasteiger partial charge in [0.25, 0.3) is 0 Å². The van der Waals surface area contributed by atoms with E-state index in [1.807, 2.05) is 0 Å². The van der Waals surface area contributed by atoms with Crippen LogP contribution in [0.3, 0.4) is 0 Å². The minimum Gasteiger partial charge on any atom is -0.454 e. The summed E-state index contributed by atoms with van der Waals surface area (Å²) in [6.07, 6.45) is 1.69. The number of carbonyl (C=O) groups excluding carboxylic acids is 1. The highest BCUT2D eigenvalue weighted by atomic mass is 35.5. The molecule has 2 amide bonds. The Kier molecular flexibility index (Phi) is 6.79. The number of ether oxygens (including phenoxy) is 2. The molecule has 5 rings (SSSR count). The van der Waals surface area contributed by atoms with Gasteiger partial charge in [0, 0.05) is 47.7 Å². The molecule has 2 heterocycles. The van der Waals surface area contributed by atoms with Gasteiger partial charge in [-0.1, -0.05) is 11.6 Å². The second kappa shape index (κ2) is 10.3. The number of nitrogens with one attached hydrogen (secondary N) is 2. The summed E-state index contributed by atoms with van der Waals surface area (Å²) in [4.78, 5) is 23.4. The maximum absolute atomic E-state index is 14.5. The van der Waals surface area contributed by atoms with Crippen molar-refractivity contribution in [3.8, 4) is 11.5 Å². The lowest BCUT2D eigenvalue weighted by Crippen LogP contribution is -2.36. The number of urea groups is 1. The summed E-state index contributed by atoms with van der Waals surface area (Å²) in [5, 5.41) is 5.56. The number of morpholine rings is 1. The fourth-order valence-electron chi connectivity index (χ4n) is 3.65. The van der Waals surface area contributed by atoms with Crippen molar-refractivity contribution in [2.45, 2.75) is 0 Å². The van der Waals surface area contributed by atoms with Crippen LogP contribution < -0.4 is 20.3 Å². The molecule has 1 aliphatic heterocycles. The van der Waals surface area contributed by atoms with E-state index >= 15 is 0 Å². The second-order valence-electron chi connectivity index (χ2n) is 7.94. The smallest absolute Gasteiger partial charge is 0.323 e. The van der Waals surface area contributed by atoms with E-state index in [1.54, 1.807) is 48.7 Å². The van der Waals surface area contributed by atoms with Crippen LogP contribution >= 0.6 is 11.6 Å². The van der Waals surface area contributed by atoms with Crippen molar-refractivity contribution in [1.29, 1.82) is 0 Å². The van der Waals surface area contributed by atoms with Gasteiger partial charge in [-0.05, 0) is 36.4 Å². The zero-order valence-electron chi connectivity index (χ0n) is 18.8. The third-order valence-electron chi connectivity index (χ3n) is 5.42. The number of aromatic nitrogens is 2. The van der Waals surface area contributed by atoms with Crippen molar-refractivity contribution in [1.82, 2.24) is 9.97 Å². The molecule has 36 heavy (non-hydrogen) atoms. The maximum atomic E-state index is 14.5. The van der Waals surface area contributed by atoms with Crippen molar-refractivity contribution in [3.63, 3.8) is 0 Å². The standard InChI is InChI=1S/C25H20ClF2N5O3/c26-15-1-3-16(4-2-15)30-25(34)31-17-11-19(27)24(28)22(12-17)36-18-5-6-20-21(13-18)32-23(14-29-20)33-7-9-35-10-8-33/h1-6,11-14H,7-10H2,(H2,30,31,34). The molecule has 0 saturated carbocycles. The molecular formula is C25H20ClF2N5O3. The Morgan fingerprint density at radius 3 is 2.50 bits per heavy atom. The van der Waals surface area contributed by atoms with E-state index in [4.69, 9.17) is 21.1 Å². The van der Waals surface area contributed by atoms with Crippen LogP contribution in [0.5, 0.6) is 11.5 Å². The van der Waals surface area contributed by atoms with Gasteiger partial charge in [0.1, 0.15) is 11.6 Å². The molecule has 1 aliphatic rings. The zero-order valence-corrected chi connectivity index (χ0v) is 19.6. The van der Waals surface area contributed by atoms with Crippen LogP contribution in [0.15, 0.2) is 60.8 Å². The zero-order chi connectivity index (χ0) is 25.1. The van der Waals surface area contributed by atoms with Gasteiger partial charge in [-0.15, -0.1) is 0 Å². The first-order chi connectivity index (χ1) is 17.4. The Bertz CT molecular complexity index is 1420. The molecule has 0 atom stereocenters. The summed E-state index contributed by atoms with van der Waals surface area (Å²) >= 11 is 5.84. The van der Waals surface area contributed by atoms with Crippen molar-refractivity contribution >= 4 is 45.9 Å². The van der Waals surface area contributed by atoms with Crippen LogP contribution in [0, 0.1) is 11.6 Å². The number of hydrogen-bond donors (Lipinski definition) is 2. The quantitative estimate of drug-likeness (QED) is 0.350. The molecule has 0 radical (unpaired) electrons. The largest absolute Gasteiger partial charge is 0.454 e. The fourth-order valence-corrected chi connectivity index (χ4v) is 3.78. The highest BCUT2D eigenvalue weighted by molar-refractivity contribution is 6.30. The number of rotatable bonds is 5. The van der Waals surface area contributed by atoms with E-state index in [1.165, 1.54) is 6.07 Å². The van der Waals surface area contributed by atoms with Crippen LogP contribution in [0.1, 0.15) is 0 Å². The minimum absolute atomic E-state index is 0.00514. The predicted molar refractivity (Wildman–Crippen MR) is 133 cm³/mol. The van der Waals surface area contributed by atoms with E-state index in [9.17, 15) is 13.6 Å². The molecule has 2 N–H and O–H groups in total. The molecule has 0 aliphatic carbocycles. The van der Waals surface area contributed by atoms with Gasteiger partial charge >= 0.3 is 6.03 Å². The number of nitrogens with zero attached hydrogens (tertiary/aromatic N) is 3. The van der Waals surface area contributed by atoms with Crippen LogP contribution in [0.2, 0.25) is 5.02 Å². The molecule has 11 heteroatoms. The lowest BCUT2D eigenvalue weighted by atomic mass is 10.2. The number of hydrogen-bond acceptors (Lipinski definition) is 6. The Morgan fingerprint density at radius 2 is 1.72 bits per heavy atom. The molecule has 3 aromatic carbocycles. The van der Waals surface area contributed by atoms with Gasteiger partial charge in [-0.25, -0.2) is 14.2 Å². The Hall–Kier alpha value is -4.02. The monoisotopic (exact) mass is 511 g/mol. The molecule has 8 nitrogen and oxygen atoms in total. The van der Waals surface area contributed by atoms with Gasteiger partial charge in [-0.2, -0.15) is 4.39 Å². The van der Waals surface area contributed by atoms with E-state index in [-0.39, 0.29) is 11.4 Å². The number of carbonyl (C=O) groups is 1. The molecule has 0 bridgehead atoms. The molecule has 184 valence electrons. The Morgan fingerprint density at radius 1 is 0.972 bits per heavy atom.